The van der Waals surface area contributed by atoms with Crippen molar-refractivity contribution in [3.63, 3.8) is 0 Å². The van der Waals surface area contributed by atoms with Gasteiger partial charge in [0.1, 0.15) is 6.54 Å². The van der Waals surface area contributed by atoms with Gasteiger partial charge in [-0.25, -0.2) is 8.78 Å². The maximum absolute atomic E-state index is 13.2. The molecular formula is C15H16F2N2O. The second kappa shape index (κ2) is 6.47. The zero-order valence-electron chi connectivity index (χ0n) is 11.1. The second-order valence-electron chi connectivity index (χ2n) is 5.01. The molecule has 106 valence electrons. The van der Waals surface area contributed by atoms with Crippen molar-refractivity contribution >= 4 is 5.91 Å². The molecule has 2 rings (SSSR count). The number of carbonyl (C=O) groups is 1. The highest BCUT2D eigenvalue weighted by Gasteiger charge is 2.26. The lowest BCUT2D eigenvalue weighted by atomic mass is 9.93. The highest BCUT2D eigenvalue weighted by molar-refractivity contribution is 5.94. The zero-order chi connectivity index (χ0) is 14.5. The largest absolute Gasteiger partial charge is 0.322 e. The molecule has 0 atom stereocenters. The normalized spacial score (nSPS) is 15.7. The van der Waals surface area contributed by atoms with Gasteiger partial charge in [0.2, 0.25) is 0 Å². The molecule has 1 aromatic rings. The summed E-state index contributed by atoms with van der Waals surface area (Å²) >= 11 is 0. The lowest BCUT2D eigenvalue weighted by Crippen LogP contribution is -2.41. The van der Waals surface area contributed by atoms with E-state index in [1.165, 1.54) is 11.0 Å². The topological polar surface area (TPSA) is 44.1 Å². The van der Waals surface area contributed by atoms with Crippen molar-refractivity contribution in [3.05, 3.63) is 35.4 Å². The van der Waals surface area contributed by atoms with Crippen molar-refractivity contribution in [2.24, 2.45) is 0 Å². The van der Waals surface area contributed by atoms with E-state index in [0.29, 0.717) is 0 Å². The van der Waals surface area contributed by atoms with Gasteiger partial charge in [0.05, 0.1) is 6.07 Å². The molecule has 1 aliphatic carbocycles. The van der Waals surface area contributed by atoms with Gasteiger partial charge in [-0.2, -0.15) is 5.26 Å². The summed E-state index contributed by atoms with van der Waals surface area (Å²) in [5.74, 6) is -2.43. The van der Waals surface area contributed by atoms with Gasteiger partial charge in [0.15, 0.2) is 11.6 Å². The molecular weight excluding hydrogens is 262 g/mol. The Hall–Kier alpha value is -1.96. The molecule has 3 nitrogen and oxygen atoms in total. The molecule has 1 aromatic carbocycles. The van der Waals surface area contributed by atoms with Gasteiger partial charge in [-0.05, 0) is 31.0 Å². The fraction of sp³-hybridized carbons (Fsp3) is 0.467. The van der Waals surface area contributed by atoms with E-state index in [2.05, 4.69) is 0 Å². The van der Waals surface area contributed by atoms with Gasteiger partial charge in [-0.15, -0.1) is 0 Å². The van der Waals surface area contributed by atoms with Gasteiger partial charge in [-0.1, -0.05) is 19.3 Å². The van der Waals surface area contributed by atoms with Gasteiger partial charge < -0.3 is 4.90 Å². The van der Waals surface area contributed by atoms with Crippen molar-refractivity contribution in [3.8, 4) is 6.07 Å². The van der Waals surface area contributed by atoms with Crippen LogP contribution in [0.15, 0.2) is 18.2 Å². The number of nitrogens with zero attached hydrogens (tertiary/aromatic N) is 2. The number of amides is 1. The fourth-order valence-electron chi connectivity index (χ4n) is 2.63. The van der Waals surface area contributed by atoms with E-state index in [-0.39, 0.29) is 18.2 Å². The Labute approximate surface area is 116 Å². The average molecular weight is 278 g/mol. The van der Waals surface area contributed by atoms with Crippen LogP contribution < -0.4 is 0 Å². The smallest absolute Gasteiger partial charge is 0.255 e. The Morgan fingerprint density at radius 1 is 1.25 bits per heavy atom. The van der Waals surface area contributed by atoms with Gasteiger partial charge in [-0.3, -0.25) is 4.79 Å². The first-order valence-corrected chi connectivity index (χ1v) is 6.76. The summed E-state index contributed by atoms with van der Waals surface area (Å²) in [6, 6.07) is 5.09. The molecule has 0 aliphatic heterocycles. The third-order valence-corrected chi connectivity index (χ3v) is 3.68. The Balaban J connectivity index is 2.21. The van der Waals surface area contributed by atoms with Crippen LogP contribution in [0.5, 0.6) is 0 Å². The van der Waals surface area contributed by atoms with Crippen LogP contribution in [0.25, 0.3) is 0 Å². The minimum absolute atomic E-state index is 0.0176. The summed E-state index contributed by atoms with van der Waals surface area (Å²) in [4.78, 5) is 13.9. The summed E-state index contributed by atoms with van der Waals surface area (Å²) in [5, 5.41) is 8.88. The molecule has 0 unspecified atom stereocenters. The van der Waals surface area contributed by atoms with E-state index in [4.69, 9.17) is 5.26 Å². The SMILES string of the molecule is N#CCN(C(=O)c1ccc(F)c(F)c1)C1CCCCC1. The van der Waals surface area contributed by atoms with Crippen LogP contribution in [-0.2, 0) is 0 Å². The molecule has 0 bridgehead atoms. The van der Waals surface area contributed by atoms with Crippen molar-refractivity contribution in [2.45, 2.75) is 38.1 Å². The zero-order valence-corrected chi connectivity index (χ0v) is 11.1. The number of benzene rings is 1. The van der Waals surface area contributed by atoms with E-state index in [0.717, 1.165) is 44.2 Å². The Morgan fingerprint density at radius 2 is 1.95 bits per heavy atom. The third-order valence-electron chi connectivity index (χ3n) is 3.68. The van der Waals surface area contributed by atoms with Gasteiger partial charge in [0.25, 0.3) is 5.91 Å². The van der Waals surface area contributed by atoms with Crippen LogP contribution in [0.3, 0.4) is 0 Å². The first-order chi connectivity index (χ1) is 9.63. The lowest BCUT2D eigenvalue weighted by molar-refractivity contribution is 0.0665. The predicted molar refractivity (Wildman–Crippen MR) is 69.9 cm³/mol. The Morgan fingerprint density at radius 3 is 2.55 bits per heavy atom. The van der Waals surface area contributed by atoms with Crippen LogP contribution in [-0.4, -0.2) is 23.4 Å². The maximum Gasteiger partial charge on any atom is 0.255 e. The number of hydrogen-bond donors (Lipinski definition) is 0. The fourth-order valence-corrected chi connectivity index (χ4v) is 2.63. The number of rotatable bonds is 3. The predicted octanol–water partition coefficient (Wildman–Crippen LogP) is 3.26. The molecule has 1 aliphatic rings. The van der Waals surface area contributed by atoms with Crippen LogP contribution >= 0.6 is 0 Å². The Bertz CT molecular complexity index is 533. The number of carbonyl (C=O) groups excluding carboxylic acids is 1. The van der Waals surface area contributed by atoms with Crippen LogP contribution in [0, 0.1) is 23.0 Å². The highest BCUT2D eigenvalue weighted by Crippen LogP contribution is 2.24. The standard InChI is InChI=1S/C15H16F2N2O/c16-13-7-6-11(10-14(13)17)15(20)19(9-8-18)12-4-2-1-3-5-12/h6-7,10,12H,1-5,9H2. The van der Waals surface area contributed by atoms with E-state index >= 15 is 0 Å². The molecule has 0 radical (unpaired) electrons. The van der Waals surface area contributed by atoms with Gasteiger partial charge >= 0.3 is 0 Å². The van der Waals surface area contributed by atoms with Crippen LogP contribution in [0.1, 0.15) is 42.5 Å². The second-order valence-corrected chi connectivity index (χ2v) is 5.01. The monoisotopic (exact) mass is 278 g/mol. The summed E-state index contributed by atoms with van der Waals surface area (Å²) < 4.78 is 26.1. The molecule has 1 amide bonds. The first-order valence-electron chi connectivity index (χ1n) is 6.76. The van der Waals surface area contributed by atoms with Gasteiger partial charge in [0, 0.05) is 11.6 Å². The van der Waals surface area contributed by atoms with E-state index in [1.807, 2.05) is 6.07 Å². The van der Waals surface area contributed by atoms with Crippen molar-refractivity contribution in [1.82, 2.24) is 4.90 Å². The lowest BCUT2D eigenvalue weighted by Gasteiger charge is -2.32. The molecule has 1 saturated carbocycles. The summed E-state index contributed by atoms with van der Waals surface area (Å²) in [6.07, 6.45) is 4.90. The van der Waals surface area contributed by atoms with E-state index in [1.54, 1.807) is 0 Å². The first kappa shape index (κ1) is 14.4. The minimum Gasteiger partial charge on any atom is -0.322 e. The number of nitriles is 1. The van der Waals surface area contributed by atoms with Crippen molar-refractivity contribution in [1.29, 1.82) is 5.26 Å². The summed E-state index contributed by atoms with van der Waals surface area (Å²) in [6.45, 7) is -0.0253. The summed E-state index contributed by atoms with van der Waals surface area (Å²) in [7, 11) is 0. The van der Waals surface area contributed by atoms with E-state index < -0.39 is 17.5 Å². The number of hydrogen-bond acceptors (Lipinski definition) is 2. The molecule has 0 N–H and O–H groups in total. The van der Waals surface area contributed by atoms with Crippen LogP contribution in [0.4, 0.5) is 8.78 Å². The summed E-state index contributed by atoms with van der Waals surface area (Å²) in [5.41, 5.74) is 0.0877. The molecule has 0 spiro atoms. The average Bonchev–Trinajstić information content (AvgIpc) is 2.48. The maximum atomic E-state index is 13.2. The molecule has 0 saturated heterocycles. The van der Waals surface area contributed by atoms with Crippen molar-refractivity contribution < 1.29 is 13.6 Å². The van der Waals surface area contributed by atoms with Crippen LogP contribution in [0.2, 0.25) is 0 Å². The third kappa shape index (κ3) is 3.13. The highest BCUT2D eigenvalue weighted by atomic mass is 19.2. The van der Waals surface area contributed by atoms with Crippen molar-refractivity contribution in [2.75, 3.05) is 6.54 Å². The molecule has 5 heteroatoms. The minimum atomic E-state index is -1.04. The quantitative estimate of drug-likeness (QED) is 0.796. The molecule has 1 fully saturated rings. The molecule has 20 heavy (non-hydrogen) atoms. The number of halogens is 2. The molecule has 0 heterocycles. The Kier molecular flexibility index (Phi) is 4.67. The van der Waals surface area contributed by atoms with E-state index in [9.17, 15) is 13.6 Å². The molecule has 0 aromatic heterocycles.